The lowest BCUT2D eigenvalue weighted by Crippen LogP contribution is -2.38. The average molecular weight is 390 g/mol. The molecule has 0 saturated carbocycles. The van der Waals surface area contributed by atoms with Gasteiger partial charge in [0.15, 0.2) is 0 Å². The van der Waals surface area contributed by atoms with Gasteiger partial charge in [-0.1, -0.05) is 12.1 Å². The summed E-state index contributed by atoms with van der Waals surface area (Å²) >= 11 is 0. The van der Waals surface area contributed by atoms with Crippen LogP contribution in [0, 0.1) is 6.92 Å². The van der Waals surface area contributed by atoms with Crippen LogP contribution in [-0.2, 0) is 11.3 Å². The number of nitrogens with zero attached hydrogens (tertiary/aromatic N) is 2. The lowest BCUT2D eigenvalue weighted by molar-refractivity contribution is -0.114. The van der Waals surface area contributed by atoms with Gasteiger partial charge in [0, 0.05) is 30.6 Å². The first-order valence-electron chi connectivity index (χ1n) is 9.41. The van der Waals surface area contributed by atoms with Crippen molar-refractivity contribution in [1.29, 1.82) is 0 Å². The molecule has 3 N–H and O–H groups in total. The highest BCUT2D eigenvalue weighted by molar-refractivity contribution is 5.96. The van der Waals surface area contributed by atoms with Gasteiger partial charge in [0.1, 0.15) is 5.75 Å². The number of carbonyl (C=O) groups excluding carboxylic acids is 2. The first-order chi connectivity index (χ1) is 13.9. The number of carbonyl (C=O) groups is 2. The smallest absolute Gasteiger partial charge is 0.254 e. The van der Waals surface area contributed by atoms with Crippen LogP contribution < -0.4 is 5.32 Å². The lowest BCUT2D eigenvalue weighted by Gasteiger charge is -2.32. The van der Waals surface area contributed by atoms with E-state index in [1.165, 1.54) is 6.92 Å². The number of anilines is 1. The first-order valence-corrected chi connectivity index (χ1v) is 9.41. The Balaban J connectivity index is 1.63. The summed E-state index contributed by atoms with van der Waals surface area (Å²) in [5, 5.41) is 12.6. The van der Waals surface area contributed by atoms with Crippen molar-refractivity contribution in [2.24, 2.45) is 0 Å². The molecule has 1 aliphatic heterocycles. The normalized spacial score (nSPS) is 15.7. The van der Waals surface area contributed by atoms with Gasteiger partial charge in [0.05, 0.1) is 24.3 Å². The number of phenolic OH excluding ortho intramolecular Hbond substituents is 1. The number of fused-ring (bicyclic) bond motifs is 1. The van der Waals surface area contributed by atoms with E-state index in [0.29, 0.717) is 24.3 Å². The standard InChI is InChI=1S/C22H22N4O3/c1-13-8-16(6-7-19(13)25-14(2)27)22(29)26-10-18(15-4-3-5-17(28)9-15)21-20(11-26)23-12-24-21/h3-9,12,18,28H,10-11H2,1-2H3,(H,23,24)(H,25,27). The maximum absolute atomic E-state index is 13.2. The number of imidazole rings is 1. The molecule has 0 fully saturated rings. The topological polar surface area (TPSA) is 98.3 Å². The highest BCUT2D eigenvalue weighted by Gasteiger charge is 2.32. The van der Waals surface area contributed by atoms with Crippen molar-refractivity contribution >= 4 is 17.5 Å². The Labute approximate surface area is 168 Å². The Hall–Kier alpha value is -3.61. The van der Waals surface area contributed by atoms with Crippen molar-refractivity contribution in [1.82, 2.24) is 14.9 Å². The number of rotatable bonds is 3. The van der Waals surface area contributed by atoms with E-state index in [2.05, 4.69) is 15.3 Å². The molecule has 7 nitrogen and oxygen atoms in total. The summed E-state index contributed by atoms with van der Waals surface area (Å²) in [5.74, 6) is -0.176. The van der Waals surface area contributed by atoms with Crippen molar-refractivity contribution < 1.29 is 14.7 Å². The number of hydrogen-bond donors (Lipinski definition) is 3. The zero-order chi connectivity index (χ0) is 20.5. The van der Waals surface area contributed by atoms with Crippen LogP contribution in [0.1, 0.15) is 45.7 Å². The Morgan fingerprint density at radius 3 is 2.79 bits per heavy atom. The number of aromatic hydroxyl groups is 1. The molecule has 2 aromatic carbocycles. The van der Waals surface area contributed by atoms with Gasteiger partial charge in [0.2, 0.25) is 5.91 Å². The molecule has 0 bridgehead atoms. The minimum atomic E-state index is -0.149. The summed E-state index contributed by atoms with van der Waals surface area (Å²) in [6, 6.07) is 12.3. The number of benzene rings is 2. The highest BCUT2D eigenvalue weighted by Crippen LogP contribution is 2.33. The number of amides is 2. The summed E-state index contributed by atoms with van der Waals surface area (Å²) in [5.41, 5.74) is 4.79. The van der Waals surface area contributed by atoms with Crippen LogP contribution in [0.2, 0.25) is 0 Å². The molecule has 0 radical (unpaired) electrons. The van der Waals surface area contributed by atoms with Crippen LogP contribution in [0.5, 0.6) is 5.75 Å². The minimum absolute atomic E-state index is 0.0899. The van der Waals surface area contributed by atoms with Crippen molar-refractivity contribution in [3.63, 3.8) is 0 Å². The maximum Gasteiger partial charge on any atom is 0.254 e. The SMILES string of the molecule is CC(=O)Nc1ccc(C(=O)N2Cc3[nH]cnc3C(c3cccc(O)c3)C2)cc1C. The number of aromatic amines is 1. The first kappa shape index (κ1) is 18.7. The largest absolute Gasteiger partial charge is 0.508 e. The quantitative estimate of drug-likeness (QED) is 0.640. The van der Waals surface area contributed by atoms with Crippen molar-refractivity contribution in [3.8, 4) is 5.75 Å². The van der Waals surface area contributed by atoms with Gasteiger partial charge in [0.25, 0.3) is 5.91 Å². The number of hydrogen-bond acceptors (Lipinski definition) is 4. The molecule has 4 rings (SSSR count). The Morgan fingerprint density at radius 2 is 2.07 bits per heavy atom. The number of aromatic nitrogens is 2. The number of nitrogens with one attached hydrogen (secondary N) is 2. The van der Waals surface area contributed by atoms with E-state index in [-0.39, 0.29) is 23.5 Å². The molecule has 1 atom stereocenters. The minimum Gasteiger partial charge on any atom is -0.508 e. The van der Waals surface area contributed by atoms with Gasteiger partial charge in [-0.25, -0.2) is 4.98 Å². The number of aryl methyl sites for hydroxylation is 1. The molecule has 0 saturated heterocycles. The van der Waals surface area contributed by atoms with Crippen LogP contribution in [0.25, 0.3) is 0 Å². The number of phenols is 1. The summed E-state index contributed by atoms with van der Waals surface area (Å²) in [6.07, 6.45) is 1.64. The van der Waals surface area contributed by atoms with Gasteiger partial charge in [-0.05, 0) is 48.4 Å². The van der Waals surface area contributed by atoms with E-state index in [9.17, 15) is 14.7 Å². The fourth-order valence-electron chi connectivity index (χ4n) is 3.79. The van der Waals surface area contributed by atoms with Gasteiger partial charge in [-0.2, -0.15) is 0 Å². The van der Waals surface area contributed by atoms with Crippen LogP contribution in [0.3, 0.4) is 0 Å². The second-order valence-corrected chi connectivity index (χ2v) is 7.31. The van der Waals surface area contributed by atoms with E-state index in [4.69, 9.17) is 0 Å². The third kappa shape index (κ3) is 3.71. The molecule has 2 heterocycles. The van der Waals surface area contributed by atoms with E-state index in [1.807, 2.05) is 13.0 Å². The monoisotopic (exact) mass is 390 g/mol. The third-order valence-electron chi connectivity index (χ3n) is 5.18. The van der Waals surface area contributed by atoms with Gasteiger partial charge in [-0.15, -0.1) is 0 Å². The Morgan fingerprint density at radius 1 is 1.24 bits per heavy atom. The molecule has 1 unspecified atom stereocenters. The lowest BCUT2D eigenvalue weighted by atomic mass is 9.90. The second kappa shape index (κ2) is 7.43. The summed E-state index contributed by atoms with van der Waals surface area (Å²) < 4.78 is 0. The number of H-pyrrole nitrogens is 1. The molecule has 1 aromatic heterocycles. The molecule has 148 valence electrons. The Bertz CT molecular complexity index is 1090. The van der Waals surface area contributed by atoms with Crippen molar-refractivity contribution in [3.05, 3.63) is 76.9 Å². The molecule has 3 aromatic rings. The van der Waals surface area contributed by atoms with Crippen LogP contribution in [0.15, 0.2) is 48.8 Å². The molecule has 0 spiro atoms. The summed E-state index contributed by atoms with van der Waals surface area (Å²) in [4.78, 5) is 33.9. The zero-order valence-corrected chi connectivity index (χ0v) is 16.3. The molecule has 29 heavy (non-hydrogen) atoms. The van der Waals surface area contributed by atoms with E-state index in [0.717, 1.165) is 22.5 Å². The fourth-order valence-corrected chi connectivity index (χ4v) is 3.79. The zero-order valence-electron chi connectivity index (χ0n) is 16.3. The van der Waals surface area contributed by atoms with Crippen LogP contribution in [-0.4, -0.2) is 38.3 Å². The molecular formula is C22H22N4O3. The third-order valence-corrected chi connectivity index (χ3v) is 5.18. The van der Waals surface area contributed by atoms with Crippen molar-refractivity contribution in [2.75, 3.05) is 11.9 Å². The van der Waals surface area contributed by atoms with E-state index in [1.54, 1.807) is 47.6 Å². The van der Waals surface area contributed by atoms with Gasteiger partial charge >= 0.3 is 0 Å². The van der Waals surface area contributed by atoms with Gasteiger partial charge in [-0.3, -0.25) is 9.59 Å². The second-order valence-electron chi connectivity index (χ2n) is 7.31. The summed E-state index contributed by atoms with van der Waals surface area (Å²) in [6.45, 7) is 4.22. The molecule has 2 amide bonds. The predicted molar refractivity (Wildman–Crippen MR) is 109 cm³/mol. The Kier molecular flexibility index (Phi) is 4.80. The summed E-state index contributed by atoms with van der Waals surface area (Å²) in [7, 11) is 0. The van der Waals surface area contributed by atoms with Gasteiger partial charge < -0.3 is 20.3 Å². The molecule has 0 aliphatic carbocycles. The average Bonchev–Trinajstić information content (AvgIpc) is 3.16. The van der Waals surface area contributed by atoms with Crippen molar-refractivity contribution in [2.45, 2.75) is 26.3 Å². The molecule has 1 aliphatic rings. The van der Waals surface area contributed by atoms with E-state index >= 15 is 0 Å². The van der Waals surface area contributed by atoms with E-state index < -0.39 is 0 Å². The maximum atomic E-state index is 13.2. The molecule has 7 heteroatoms. The fraction of sp³-hybridized carbons (Fsp3) is 0.227. The van der Waals surface area contributed by atoms with Crippen LogP contribution >= 0.6 is 0 Å². The molecular weight excluding hydrogens is 368 g/mol. The predicted octanol–water partition coefficient (Wildman–Crippen LogP) is 3.17. The highest BCUT2D eigenvalue weighted by atomic mass is 16.3. The van der Waals surface area contributed by atoms with Crippen LogP contribution in [0.4, 0.5) is 5.69 Å².